The molecular formula is C25H25FN2O4. The average Bonchev–Trinajstić information content (AvgIpc) is 3.05. The maximum absolute atomic E-state index is 14.4. The average molecular weight is 436 g/mol. The van der Waals surface area contributed by atoms with Gasteiger partial charge in [-0.2, -0.15) is 0 Å². The first-order valence-electron chi connectivity index (χ1n) is 10.6. The second-order valence-corrected chi connectivity index (χ2v) is 8.00. The Balaban J connectivity index is 1.58. The molecule has 1 aliphatic rings. The van der Waals surface area contributed by atoms with Gasteiger partial charge in [0.2, 0.25) is 0 Å². The Morgan fingerprint density at radius 2 is 2.06 bits per heavy atom. The van der Waals surface area contributed by atoms with Crippen LogP contribution < -0.4 is 5.32 Å². The van der Waals surface area contributed by atoms with Gasteiger partial charge in [0.25, 0.3) is 0 Å². The lowest BCUT2D eigenvalue weighted by atomic mass is 9.91. The lowest BCUT2D eigenvalue weighted by molar-refractivity contribution is -0.137. The number of aromatic nitrogens is 1. The molecule has 0 radical (unpaired) electrons. The van der Waals surface area contributed by atoms with Crippen LogP contribution in [0.3, 0.4) is 0 Å². The Morgan fingerprint density at radius 1 is 1.28 bits per heavy atom. The van der Waals surface area contributed by atoms with Crippen LogP contribution in [0.5, 0.6) is 0 Å². The zero-order chi connectivity index (χ0) is 22.7. The van der Waals surface area contributed by atoms with Crippen molar-refractivity contribution in [3.05, 3.63) is 83.3 Å². The van der Waals surface area contributed by atoms with Crippen LogP contribution in [0.1, 0.15) is 28.8 Å². The van der Waals surface area contributed by atoms with E-state index in [9.17, 15) is 19.1 Å². The summed E-state index contributed by atoms with van der Waals surface area (Å²) in [4.78, 5) is 23.9. The van der Waals surface area contributed by atoms with E-state index >= 15 is 0 Å². The Kier molecular flexibility index (Phi) is 6.25. The number of amides is 1. The van der Waals surface area contributed by atoms with Crippen LogP contribution in [0.25, 0.3) is 10.9 Å². The number of hydrogen-bond acceptors (Lipinski definition) is 3. The summed E-state index contributed by atoms with van der Waals surface area (Å²) in [6.07, 6.45) is 3.31. The third kappa shape index (κ3) is 4.51. The van der Waals surface area contributed by atoms with Gasteiger partial charge in [0.1, 0.15) is 19.0 Å². The van der Waals surface area contributed by atoms with Crippen molar-refractivity contribution >= 4 is 23.0 Å². The Hall–Kier alpha value is -3.61. The largest absolute Gasteiger partial charge is 0.480 e. The zero-order valence-corrected chi connectivity index (χ0v) is 17.6. The second-order valence-electron chi connectivity index (χ2n) is 8.00. The molecule has 4 rings (SSSR count). The first-order chi connectivity index (χ1) is 15.5. The van der Waals surface area contributed by atoms with Gasteiger partial charge in [-0.05, 0) is 54.5 Å². The zero-order valence-electron chi connectivity index (χ0n) is 17.6. The molecular weight excluding hydrogens is 411 g/mol. The van der Waals surface area contributed by atoms with Gasteiger partial charge in [-0.1, -0.05) is 36.4 Å². The minimum absolute atomic E-state index is 0.179. The van der Waals surface area contributed by atoms with Gasteiger partial charge in [-0.15, -0.1) is 6.58 Å². The molecule has 0 saturated heterocycles. The molecule has 6 nitrogen and oxygen atoms in total. The summed E-state index contributed by atoms with van der Waals surface area (Å²) in [6.45, 7) is 3.72. The van der Waals surface area contributed by atoms with Crippen molar-refractivity contribution in [3.8, 4) is 0 Å². The van der Waals surface area contributed by atoms with Crippen LogP contribution >= 0.6 is 0 Å². The number of fused-ring (bicyclic) bond motifs is 3. The minimum atomic E-state index is -0.955. The van der Waals surface area contributed by atoms with E-state index in [0.29, 0.717) is 36.6 Å². The summed E-state index contributed by atoms with van der Waals surface area (Å²) >= 11 is 0. The molecule has 0 spiro atoms. The van der Waals surface area contributed by atoms with Gasteiger partial charge in [0.05, 0.1) is 5.52 Å². The molecule has 0 bridgehead atoms. The number of hydrogen-bond donors (Lipinski definition) is 2. The number of aliphatic carboxylic acids is 1. The minimum Gasteiger partial charge on any atom is -0.480 e. The standard InChI is InChI=1S/C25H25FN2O4/c1-2-6-17-11-18(26)12-21-20-13-19(9-10-22(20)28(24(17)21)14-23(29)30)27-25(31)32-15-16-7-4-3-5-8-16/h2-5,7-8,11-12,19H,1,6,9-10,13-15H2,(H,27,31)(H,29,30)/t19-/m0/s1. The molecule has 2 aromatic carbocycles. The van der Waals surface area contributed by atoms with Crippen LogP contribution in [0.15, 0.2) is 55.1 Å². The molecule has 1 heterocycles. The molecule has 32 heavy (non-hydrogen) atoms. The van der Waals surface area contributed by atoms with E-state index in [1.807, 2.05) is 30.3 Å². The number of carboxylic acid groups (broad SMARTS) is 1. The maximum Gasteiger partial charge on any atom is 0.407 e. The number of halogens is 1. The number of ether oxygens (including phenoxy) is 1. The van der Waals surface area contributed by atoms with E-state index in [1.54, 1.807) is 10.6 Å². The number of nitrogens with zero attached hydrogens (tertiary/aromatic N) is 1. The van der Waals surface area contributed by atoms with Crippen LogP contribution in [-0.2, 0) is 41.9 Å². The van der Waals surface area contributed by atoms with E-state index < -0.39 is 12.1 Å². The molecule has 0 unspecified atom stereocenters. The number of alkyl carbamates (subject to hydrolysis) is 1. The van der Waals surface area contributed by atoms with Crippen molar-refractivity contribution in [2.75, 3.05) is 0 Å². The van der Waals surface area contributed by atoms with Crippen molar-refractivity contribution in [2.24, 2.45) is 0 Å². The van der Waals surface area contributed by atoms with Crippen molar-refractivity contribution < 1.29 is 23.8 Å². The van der Waals surface area contributed by atoms with Gasteiger partial charge in [-0.25, -0.2) is 9.18 Å². The Labute approximate surface area is 185 Å². The normalized spacial score (nSPS) is 15.2. The number of allylic oxidation sites excluding steroid dienone is 1. The summed E-state index contributed by atoms with van der Waals surface area (Å²) in [5.74, 6) is -1.33. The highest BCUT2D eigenvalue weighted by Crippen LogP contribution is 2.35. The molecule has 2 N–H and O–H groups in total. The lowest BCUT2D eigenvalue weighted by Crippen LogP contribution is -2.39. The monoisotopic (exact) mass is 436 g/mol. The molecule has 1 aliphatic carbocycles. The lowest BCUT2D eigenvalue weighted by Gasteiger charge is -2.24. The number of nitrogens with one attached hydrogen (secondary N) is 1. The number of rotatable bonds is 7. The molecule has 1 atom stereocenters. The van der Waals surface area contributed by atoms with E-state index in [2.05, 4.69) is 11.9 Å². The van der Waals surface area contributed by atoms with Crippen molar-refractivity contribution in [1.29, 1.82) is 0 Å². The molecule has 0 aliphatic heterocycles. The predicted molar refractivity (Wildman–Crippen MR) is 119 cm³/mol. The number of carbonyl (C=O) groups is 2. The van der Waals surface area contributed by atoms with Crippen molar-refractivity contribution in [1.82, 2.24) is 9.88 Å². The number of benzene rings is 2. The van der Waals surface area contributed by atoms with E-state index in [1.165, 1.54) is 12.1 Å². The van der Waals surface area contributed by atoms with Gasteiger partial charge in [0.15, 0.2) is 0 Å². The first kappa shape index (κ1) is 21.6. The summed E-state index contributed by atoms with van der Waals surface area (Å²) in [6, 6.07) is 12.1. The molecule has 1 aromatic heterocycles. The third-order valence-corrected chi connectivity index (χ3v) is 5.80. The fourth-order valence-corrected chi connectivity index (χ4v) is 4.51. The Morgan fingerprint density at radius 3 is 2.78 bits per heavy atom. The van der Waals surface area contributed by atoms with Crippen LogP contribution in [-0.4, -0.2) is 27.8 Å². The molecule has 0 fully saturated rings. The molecule has 7 heteroatoms. The fourth-order valence-electron chi connectivity index (χ4n) is 4.51. The highest BCUT2D eigenvalue weighted by molar-refractivity contribution is 5.90. The number of carbonyl (C=O) groups excluding carboxylic acids is 1. The summed E-state index contributed by atoms with van der Waals surface area (Å²) in [5, 5.41) is 13.1. The molecule has 166 valence electrons. The number of carboxylic acids is 1. The van der Waals surface area contributed by atoms with Crippen molar-refractivity contribution in [3.63, 3.8) is 0 Å². The van der Waals surface area contributed by atoms with Gasteiger partial charge >= 0.3 is 12.1 Å². The quantitative estimate of drug-likeness (QED) is 0.539. The molecule has 1 amide bonds. The van der Waals surface area contributed by atoms with Crippen LogP contribution in [0.2, 0.25) is 0 Å². The fraction of sp³-hybridized carbons (Fsp3) is 0.280. The van der Waals surface area contributed by atoms with Gasteiger partial charge < -0.3 is 19.7 Å². The first-order valence-corrected chi connectivity index (χ1v) is 10.6. The highest BCUT2D eigenvalue weighted by Gasteiger charge is 2.28. The smallest absolute Gasteiger partial charge is 0.407 e. The van der Waals surface area contributed by atoms with Gasteiger partial charge in [-0.3, -0.25) is 4.79 Å². The SMILES string of the molecule is C=CCc1cc(F)cc2c3c(n(CC(=O)O)c12)CC[C@H](NC(=O)OCc1ccccc1)C3. The van der Waals surface area contributed by atoms with Crippen molar-refractivity contribution in [2.45, 2.75) is 44.9 Å². The van der Waals surface area contributed by atoms with E-state index in [0.717, 1.165) is 22.3 Å². The third-order valence-electron chi connectivity index (χ3n) is 5.80. The van der Waals surface area contributed by atoms with Crippen LogP contribution in [0, 0.1) is 5.82 Å². The summed E-state index contributed by atoms with van der Waals surface area (Å²) < 4.78 is 21.5. The van der Waals surface area contributed by atoms with Gasteiger partial charge in [0, 0.05) is 17.1 Å². The maximum atomic E-state index is 14.4. The van der Waals surface area contributed by atoms with E-state index in [-0.39, 0.29) is 25.0 Å². The predicted octanol–water partition coefficient (Wildman–Crippen LogP) is 4.38. The second kappa shape index (κ2) is 9.26. The topological polar surface area (TPSA) is 80.6 Å². The van der Waals surface area contributed by atoms with E-state index in [4.69, 9.17) is 4.74 Å². The van der Waals surface area contributed by atoms with Crippen LogP contribution in [0.4, 0.5) is 9.18 Å². The highest BCUT2D eigenvalue weighted by atomic mass is 19.1. The molecule has 0 saturated carbocycles. The summed E-state index contributed by atoms with van der Waals surface area (Å²) in [5.41, 5.74) is 4.10. The molecule has 3 aromatic rings. The summed E-state index contributed by atoms with van der Waals surface area (Å²) in [7, 11) is 0. The Bertz CT molecular complexity index is 1170.